The maximum absolute atomic E-state index is 11.8. The van der Waals surface area contributed by atoms with Crippen molar-refractivity contribution in [3.63, 3.8) is 0 Å². The molecule has 0 aliphatic rings. The molecule has 0 saturated carbocycles. The van der Waals surface area contributed by atoms with E-state index in [4.69, 9.17) is 4.74 Å². The average molecular weight is 366 g/mol. The van der Waals surface area contributed by atoms with Gasteiger partial charge in [-0.2, -0.15) is 0 Å². The summed E-state index contributed by atoms with van der Waals surface area (Å²) in [4.78, 5) is 23.6. The van der Waals surface area contributed by atoms with E-state index in [1.807, 2.05) is 31.2 Å². The molecule has 0 atom stereocenters. The number of thioether (sulfide) groups is 1. The second kappa shape index (κ2) is 9.36. The van der Waals surface area contributed by atoms with Crippen molar-refractivity contribution in [1.29, 1.82) is 0 Å². The van der Waals surface area contributed by atoms with Crippen LogP contribution in [0.2, 0.25) is 0 Å². The van der Waals surface area contributed by atoms with Gasteiger partial charge in [-0.25, -0.2) is 0 Å². The Bertz CT molecular complexity index is 706. The molecule has 0 bridgehead atoms. The van der Waals surface area contributed by atoms with Crippen LogP contribution in [-0.2, 0) is 20.9 Å². The Hall–Kier alpha value is -1.97. The van der Waals surface area contributed by atoms with Gasteiger partial charge in [-0.1, -0.05) is 23.5 Å². The Morgan fingerprint density at radius 1 is 1.21 bits per heavy atom. The fourth-order valence-electron chi connectivity index (χ4n) is 1.80. The minimum atomic E-state index is -0.219. The summed E-state index contributed by atoms with van der Waals surface area (Å²) in [6.07, 6.45) is 0. The molecule has 2 amide bonds. The Balaban J connectivity index is 1.69. The third kappa shape index (κ3) is 6.26. The Morgan fingerprint density at radius 3 is 2.67 bits per heavy atom. The lowest BCUT2D eigenvalue weighted by Crippen LogP contribution is -2.18. The topological polar surface area (TPSA) is 93.2 Å². The largest absolute Gasteiger partial charge is 0.377 e. The number of nitrogens with zero attached hydrogens (tertiary/aromatic N) is 2. The van der Waals surface area contributed by atoms with E-state index in [1.54, 1.807) is 7.11 Å². The summed E-state index contributed by atoms with van der Waals surface area (Å²) >= 11 is 2.50. The number of carbonyl (C=O) groups excluding carboxylic acids is 2. The first-order chi connectivity index (χ1) is 11.6. The van der Waals surface area contributed by atoms with Gasteiger partial charge in [0.05, 0.1) is 11.5 Å². The van der Waals surface area contributed by atoms with E-state index in [2.05, 4.69) is 20.8 Å². The van der Waals surface area contributed by atoms with Crippen molar-refractivity contribution < 1.29 is 14.3 Å². The van der Waals surface area contributed by atoms with Crippen molar-refractivity contribution in [2.24, 2.45) is 0 Å². The SMILES string of the molecule is COCc1nnc(NC(=O)CSCC(=O)Nc2cccc(C)c2)s1. The fourth-order valence-corrected chi connectivity index (χ4v) is 3.14. The van der Waals surface area contributed by atoms with Gasteiger partial charge in [-0.15, -0.1) is 22.0 Å². The highest BCUT2D eigenvalue weighted by Crippen LogP contribution is 2.16. The lowest BCUT2D eigenvalue weighted by Gasteiger charge is -2.05. The number of nitrogens with one attached hydrogen (secondary N) is 2. The molecule has 0 saturated heterocycles. The van der Waals surface area contributed by atoms with Crippen LogP contribution in [0.4, 0.5) is 10.8 Å². The van der Waals surface area contributed by atoms with Gasteiger partial charge < -0.3 is 10.1 Å². The summed E-state index contributed by atoms with van der Waals surface area (Å²) in [6.45, 7) is 2.32. The maximum atomic E-state index is 11.8. The third-order valence-electron chi connectivity index (χ3n) is 2.75. The van der Waals surface area contributed by atoms with Gasteiger partial charge in [-0.05, 0) is 24.6 Å². The molecule has 1 heterocycles. The van der Waals surface area contributed by atoms with Crippen molar-refractivity contribution >= 4 is 45.7 Å². The Morgan fingerprint density at radius 2 is 1.96 bits per heavy atom. The summed E-state index contributed by atoms with van der Waals surface area (Å²) in [6, 6.07) is 7.56. The molecule has 1 aromatic carbocycles. The normalized spacial score (nSPS) is 10.4. The number of hydrogen-bond acceptors (Lipinski definition) is 7. The van der Waals surface area contributed by atoms with Crippen molar-refractivity contribution in [1.82, 2.24) is 10.2 Å². The predicted octanol–water partition coefficient (Wildman–Crippen LogP) is 2.30. The van der Waals surface area contributed by atoms with Crippen LogP contribution in [0.15, 0.2) is 24.3 Å². The van der Waals surface area contributed by atoms with Crippen LogP contribution in [0.3, 0.4) is 0 Å². The van der Waals surface area contributed by atoms with E-state index in [9.17, 15) is 9.59 Å². The number of ether oxygens (including phenoxy) is 1. The van der Waals surface area contributed by atoms with Gasteiger partial charge in [0.1, 0.15) is 11.6 Å². The van der Waals surface area contributed by atoms with Crippen molar-refractivity contribution in [3.8, 4) is 0 Å². The smallest absolute Gasteiger partial charge is 0.236 e. The lowest BCUT2D eigenvalue weighted by atomic mass is 10.2. The quantitative estimate of drug-likeness (QED) is 0.745. The molecule has 0 spiro atoms. The van der Waals surface area contributed by atoms with Crippen LogP contribution in [0.25, 0.3) is 0 Å². The number of rotatable bonds is 8. The molecule has 2 N–H and O–H groups in total. The molecule has 2 rings (SSSR count). The highest BCUT2D eigenvalue weighted by Gasteiger charge is 2.10. The van der Waals surface area contributed by atoms with Gasteiger partial charge in [0.2, 0.25) is 16.9 Å². The van der Waals surface area contributed by atoms with Crippen LogP contribution in [0.5, 0.6) is 0 Å². The highest BCUT2D eigenvalue weighted by molar-refractivity contribution is 8.00. The molecule has 9 heteroatoms. The first-order valence-electron chi connectivity index (χ1n) is 7.12. The molecule has 7 nitrogen and oxygen atoms in total. The van der Waals surface area contributed by atoms with Crippen LogP contribution >= 0.6 is 23.1 Å². The van der Waals surface area contributed by atoms with E-state index in [-0.39, 0.29) is 23.3 Å². The van der Waals surface area contributed by atoms with Crippen LogP contribution in [0, 0.1) is 6.92 Å². The van der Waals surface area contributed by atoms with Gasteiger partial charge in [0, 0.05) is 12.8 Å². The zero-order chi connectivity index (χ0) is 17.4. The number of amides is 2. The number of aryl methyl sites for hydroxylation is 1. The summed E-state index contributed by atoms with van der Waals surface area (Å²) < 4.78 is 4.94. The van der Waals surface area contributed by atoms with E-state index >= 15 is 0 Å². The molecule has 0 fully saturated rings. The van der Waals surface area contributed by atoms with Crippen molar-refractivity contribution in [2.45, 2.75) is 13.5 Å². The third-order valence-corrected chi connectivity index (χ3v) is 4.49. The first kappa shape index (κ1) is 18.4. The van der Waals surface area contributed by atoms with E-state index in [0.717, 1.165) is 11.3 Å². The lowest BCUT2D eigenvalue weighted by molar-refractivity contribution is -0.114. The fraction of sp³-hybridized carbons (Fsp3) is 0.333. The number of carbonyl (C=O) groups is 2. The minimum absolute atomic E-state index is 0.142. The summed E-state index contributed by atoms with van der Waals surface area (Å²) in [5.74, 6) is 0.00694. The standard InChI is InChI=1S/C15H18N4O3S2/c1-10-4-3-5-11(6-10)16-12(20)8-23-9-13(21)17-15-19-18-14(24-15)7-22-2/h3-6H,7-9H2,1-2H3,(H,16,20)(H,17,19,21). The average Bonchev–Trinajstić information content (AvgIpc) is 2.94. The zero-order valence-electron chi connectivity index (χ0n) is 13.4. The number of anilines is 2. The molecule has 1 aromatic heterocycles. The van der Waals surface area contributed by atoms with Crippen molar-refractivity contribution in [2.75, 3.05) is 29.2 Å². The molecule has 0 radical (unpaired) electrons. The summed E-state index contributed by atoms with van der Waals surface area (Å²) in [5.41, 5.74) is 1.83. The number of aromatic nitrogens is 2. The van der Waals surface area contributed by atoms with Crippen LogP contribution in [-0.4, -0.2) is 40.6 Å². The number of methoxy groups -OCH3 is 1. The molecule has 2 aromatic rings. The zero-order valence-corrected chi connectivity index (χ0v) is 15.0. The van der Waals surface area contributed by atoms with E-state index in [1.165, 1.54) is 23.1 Å². The highest BCUT2D eigenvalue weighted by atomic mass is 32.2. The molecule has 24 heavy (non-hydrogen) atoms. The van der Waals surface area contributed by atoms with Gasteiger partial charge in [-0.3, -0.25) is 14.9 Å². The van der Waals surface area contributed by atoms with Gasteiger partial charge >= 0.3 is 0 Å². The number of benzene rings is 1. The predicted molar refractivity (Wildman–Crippen MR) is 96.4 cm³/mol. The molecular weight excluding hydrogens is 348 g/mol. The van der Waals surface area contributed by atoms with E-state index in [0.29, 0.717) is 16.7 Å². The van der Waals surface area contributed by atoms with Gasteiger partial charge in [0.15, 0.2) is 0 Å². The Labute approximate surface area is 148 Å². The molecule has 128 valence electrons. The minimum Gasteiger partial charge on any atom is -0.377 e. The molecule has 0 aliphatic heterocycles. The second-order valence-corrected chi connectivity index (χ2v) is 6.94. The summed E-state index contributed by atoms with van der Waals surface area (Å²) in [5, 5.41) is 14.3. The number of hydrogen-bond donors (Lipinski definition) is 2. The van der Waals surface area contributed by atoms with E-state index < -0.39 is 0 Å². The second-order valence-electron chi connectivity index (χ2n) is 4.89. The molecular formula is C15H18N4O3S2. The van der Waals surface area contributed by atoms with Crippen LogP contribution < -0.4 is 10.6 Å². The maximum Gasteiger partial charge on any atom is 0.236 e. The molecule has 0 aliphatic carbocycles. The van der Waals surface area contributed by atoms with Crippen molar-refractivity contribution in [3.05, 3.63) is 34.8 Å². The molecule has 0 unspecified atom stereocenters. The Kier molecular flexibility index (Phi) is 7.16. The monoisotopic (exact) mass is 366 g/mol. The van der Waals surface area contributed by atoms with Gasteiger partial charge in [0.25, 0.3) is 0 Å². The summed E-state index contributed by atoms with van der Waals surface area (Å²) in [7, 11) is 1.57. The first-order valence-corrected chi connectivity index (χ1v) is 9.09. The van der Waals surface area contributed by atoms with Crippen LogP contribution in [0.1, 0.15) is 10.6 Å².